The second-order valence-corrected chi connectivity index (χ2v) is 6.10. The van der Waals surface area contributed by atoms with E-state index in [0.717, 1.165) is 6.42 Å². The molecule has 0 aliphatic carbocycles. The van der Waals surface area contributed by atoms with Crippen LogP contribution in [-0.4, -0.2) is 25.7 Å². The summed E-state index contributed by atoms with van der Waals surface area (Å²) < 4.78 is 0. The Kier molecular flexibility index (Phi) is 16.8. The Morgan fingerprint density at radius 3 is 1.76 bits per heavy atom. The van der Waals surface area contributed by atoms with Crippen molar-refractivity contribution in [2.75, 3.05) is 13.6 Å². The van der Waals surface area contributed by atoms with E-state index in [-0.39, 0.29) is 0 Å². The number of unbranched alkanes of at least 4 members (excludes halogenated alkanes) is 11. The summed E-state index contributed by atoms with van der Waals surface area (Å²) in [6, 6.07) is 0.342. The van der Waals surface area contributed by atoms with Gasteiger partial charge in [0.2, 0.25) is 6.08 Å². The molecule has 0 spiro atoms. The van der Waals surface area contributed by atoms with E-state index in [2.05, 4.69) is 17.2 Å². The molecule has 3 nitrogen and oxygen atoms in total. The van der Waals surface area contributed by atoms with Crippen LogP contribution in [0.1, 0.15) is 90.4 Å². The Balaban J connectivity index is 3.19. The van der Waals surface area contributed by atoms with Gasteiger partial charge in [-0.15, -0.1) is 0 Å². The van der Waals surface area contributed by atoms with Crippen molar-refractivity contribution in [1.29, 1.82) is 0 Å². The number of likely N-dealkylation sites (N-methyl/N-ethyl adjacent to an activating group) is 1. The molecule has 0 aromatic rings. The van der Waals surface area contributed by atoms with Gasteiger partial charge in [-0.1, -0.05) is 84.0 Å². The standard InChI is InChI=1S/C18H36N2O/c1-3-4-5-6-7-8-9-10-11-12-13-14-15-18(19-2)16-20-17-21/h18-19H,3-16H2,1-2H3. The Labute approximate surface area is 132 Å². The lowest BCUT2D eigenvalue weighted by atomic mass is 10.0. The molecular weight excluding hydrogens is 260 g/mol. The van der Waals surface area contributed by atoms with Crippen molar-refractivity contribution < 1.29 is 4.79 Å². The topological polar surface area (TPSA) is 41.5 Å². The Morgan fingerprint density at radius 1 is 0.857 bits per heavy atom. The first-order chi connectivity index (χ1) is 10.3. The molecule has 21 heavy (non-hydrogen) atoms. The fraction of sp³-hybridized carbons (Fsp3) is 0.944. The van der Waals surface area contributed by atoms with Gasteiger partial charge in [-0.3, -0.25) is 0 Å². The summed E-state index contributed by atoms with van der Waals surface area (Å²) in [4.78, 5) is 13.7. The molecule has 0 aromatic heterocycles. The summed E-state index contributed by atoms with van der Waals surface area (Å²) in [5.74, 6) is 0. The van der Waals surface area contributed by atoms with Gasteiger partial charge >= 0.3 is 0 Å². The molecule has 1 unspecified atom stereocenters. The lowest BCUT2D eigenvalue weighted by Gasteiger charge is -2.12. The molecule has 0 radical (unpaired) electrons. The summed E-state index contributed by atoms with van der Waals surface area (Å²) in [5, 5.41) is 3.20. The van der Waals surface area contributed by atoms with Gasteiger partial charge in [-0.2, -0.15) is 0 Å². The summed E-state index contributed by atoms with van der Waals surface area (Å²) in [6.45, 7) is 2.84. The monoisotopic (exact) mass is 296 g/mol. The molecule has 0 aromatic carbocycles. The third kappa shape index (κ3) is 15.5. The van der Waals surface area contributed by atoms with Gasteiger partial charge in [0.25, 0.3) is 0 Å². The number of rotatable bonds is 16. The van der Waals surface area contributed by atoms with E-state index in [1.807, 2.05) is 7.05 Å². The van der Waals surface area contributed by atoms with Gasteiger partial charge in [-0.05, 0) is 13.5 Å². The molecular formula is C18H36N2O. The molecule has 0 amide bonds. The zero-order valence-electron chi connectivity index (χ0n) is 14.3. The number of carbonyl (C=O) groups excluding carboxylic acids is 1. The number of nitrogens with one attached hydrogen (secondary N) is 1. The fourth-order valence-corrected chi connectivity index (χ4v) is 2.71. The molecule has 0 heterocycles. The highest BCUT2D eigenvalue weighted by Crippen LogP contribution is 2.13. The molecule has 0 bridgehead atoms. The van der Waals surface area contributed by atoms with Crippen LogP contribution in [0.4, 0.5) is 0 Å². The van der Waals surface area contributed by atoms with E-state index in [1.54, 1.807) is 6.08 Å². The molecule has 0 saturated heterocycles. The predicted molar refractivity (Wildman–Crippen MR) is 91.5 cm³/mol. The predicted octanol–water partition coefficient (Wildman–Crippen LogP) is 5.00. The second-order valence-electron chi connectivity index (χ2n) is 6.10. The highest BCUT2D eigenvalue weighted by Gasteiger charge is 2.04. The second kappa shape index (κ2) is 17.4. The Morgan fingerprint density at radius 2 is 1.33 bits per heavy atom. The van der Waals surface area contributed by atoms with Crippen LogP contribution >= 0.6 is 0 Å². The van der Waals surface area contributed by atoms with Crippen molar-refractivity contribution in [2.45, 2.75) is 96.4 Å². The van der Waals surface area contributed by atoms with Gasteiger partial charge < -0.3 is 5.32 Å². The molecule has 1 N–H and O–H groups in total. The first-order valence-corrected chi connectivity index (χ1v) is 9.06. The van der Waals surface area contributed by atoms with Gasteiger partial charge in [0, 0.05) is 6.04 Å². The zero-order valence-corrected chi connectivity index (χ0v) is 14.3. The smallest absolute Gasteiger partial charge is 0.234 e. The minimum absolute atomic E-state index is 0.342. The quantitative estimate of drug-likeness (QED) is 0.247. The molecule has 0 saturated carbocycles. The maximum Gasteiger partial charge on any atom is 0.234 e. The van der Waals surface area contributed by atoms with Crippen molar-refractivity contribution in [2.24, 2.45) is 4.99 Å². The summed E-state index contributed by atoms with van der Waals surface area (Å²) in [6.07, 6.45) is 19.3. The lowest BCUT2D eigenvalue weighted by molar-refractivity contribution is 0.482. The molecule has 3 heteroatoms. The normalized spacial score (nSPS) is 12.1. The SMILES string of the molecule is CCCCCCCCCCCCCCC(CN=C=O)NC. The molecule has 0 aliphatic rings. The van der Waals surface area contributed by atoms with E-state index in [4.69, 9.17) is 0 Å². The van der Waals surface area contributed by atoms with Crippen molar-refractivity contribution in [3.8, 4) is 0 Å². The Hall–Kier alpha value is -0.660. The zero-order chi connectivity index (χ0) is 15.6. The molecule has 0 fully saturated rings. The average Bonchev–Trinajstić information content (AvgIpc) is 2.51. The number of nitrogens with zero attached hydrogens (tertiary/aromatic N) is 1. The summed E-state index contributed by atoms with van der Waals surface area (Å²) >= 11 is 0. The third-order valence-electron chi connectivity index (χ3n) is 4.19. The number of hydrogen-bond acceptors (Lipinski definition) is 3. The van der Waals surface area contributed by atoms with Crippen LogP contribution in [0.15, 0.2) is 4.99 Å². The van der Waals surface area contributed by atoms with Crippen LogP contribution < -0.4 is 5.32 Å². The largest absolute Gasteiger partial charge is 0.315 e. The van der Waals surface area contributed by atoms with Crippen molar-refractivity contribution in [1.82, 2.24) is 5.32 Å². The van der Waals surface area contributed by atoms with Crippen molar-refractivity contribution >= 4 is 6.08 Å². The van der Waals surface area contributed by atoms with Gasteiger partial charge in [-0.25, -0.2) is 9.79 Å². The first-order valence-electron chi connectivity index (χ1n) is 9.06. The van der Waals surface area contributed by atoms with Crippen LogP contribution in [0.25, 0.3) is 0 Å². The van der Waals surface area contributed by atoms with Crippen LogP contribution in [0.5, 0.6) is 0 Å². The number of hydrogen-bond donors (Lipinski definition) is 1. The van der Waals surface area contributed by atoms with Crippen molar-refractivity contribution in [3.63, 3.8) is 0 Å². The molecule has 124 valence electrons. The van der Waals surface area contributed by atoms with Crippen molar-refractivity contribution in [3.05, 3.63) is 0 Å². The Bertz CT molecular complexity index is 250. The van der Waals surface area contributed by atoms with E-state index in [0.29, 0.717) is 12.6 Å². The lowest BCUT2D eigenvalue weighted by Crippen LogP contribution is -2.28. The molecule has 0 rings (SSSR count). The highest BCUT2D eigenvalue weighted by atomic mass is 16.1. The van der Waals surface area contributed by atoms with Crippen LogP contribution in [0, 0.1) is 0 Å². The van der Waals surface area contributed by atoms with Crippen LogP contribution in [0.2, 0.25) is 0 Å². The summed E-state index contributed by atoms with van der Waals surface area (Å²) in [5.41, 5.74) is 0. The van der Waals surface area contributed by atoms with E-state index < -0.39 is 0 Å². The maximum absolute atomic E-state index is 10.1. The van der Waals surface area contributed by atoms with Gasteiger partial charge in [0.05, 0.1) is 6.54 Å². The minimum atomic E-state index is 0.342. The molecule has 1 atom stereocenters. The van der Waals surface area contributed by atoms with E-state index in [1.165, 1.54) is 77.0 Å². The maximum atomic E-state index is 10.1. The summed E-state index contributed by atoms with van der Waals surface area (Å²) in [7, 11) is 1.94. The average molecular weight is 296 g/mol. The number of aliphatic imine (C=N–C) groups is 1. The van der Waals surface area contributed by atoms with E-state index >= 15 is 0 Å². The number of isocyanates is 1. The van der Waals surface area contributed by atoms with Crippen LogP contribution in [0.3, 0.4) is 0 Å². The van der Waals surface area contributed by atoms with Gasteiger partial charge in [0.15, 0.2) is 0 Å². The van der Waals surface area contributed by atoms with Crippen LogP contribution in [-0.2, 0) is 4.79 Å². The third-order valence-corrected chi connectivity index (χ3v) is 4.19. The first kappa shape index (κ1) is 20.3. The van der Waals surface area contributed by atoms with E-state index in [9.17, 15) is 4.79 Å². The highest BCUT2D eigenvalue weighted by molar-refractivity contribution is 5.32. The minimum Gasteiger partial charge on any atom is -0.315 e. The fourth-order valence-electron chi connectivity index (χ4n) is 2.71. The van der Waals surface area contributed by atoms with Gasteiger partial charge in [0.1, 0.15) is 0 Å². The molecule has 0 aliphatic heterocycles.